The van der Waals surface area contributed by atoms with E-state index in [-0.39, 0.29) is 18.9 Å². The molecule has 2 aromatic heterocycles. The molecule has 7 heteroatoms. The summed E-state index contributed by atoms with van der Waals surface area (Å²) in [5.74, 6) is -0.0142. The summed E-state index contributed by atoms with van der Waals surface area (Å²) in [6.45, 7) is 2.62. The Morgan fingerprint density at radius 3 is 2.79 bits per heavy atom. The molecule has 2 heterocycles. The van der Waals surface area contributed by atoms with Gasteiger partial charge in [0.2, 0.25) is 11.9 Å². The van der Waals surface area contributed by atoms with E-state index in [0.717, 1.165) is 36.1 Å². The van der Waals surface area contributed by atoms with Crippen LogP contribution in [0.5, 0.6) is 0 Å². The van der Waals surface area contributed by atoms with Crippen molar-refractivity contribution in [1.82, 2.24) is 14.5 Å². The number of amides is 1. The molecule has 0 radical (unpaired) electrons. The molecule has 1 fully saturated rings. The number of nitrogens with zero attached hydrogens (tertiary/aromatic N) is 3. The van der Waals surface area contributed by atoms with Crippen molar-refractivity contribution in [2.24, 2.45) is 0 Å². The Labute approximate surface area is 140 Å². The van der Waals surface area contributed by atoms with Crippen molar-refractivity contribution >= 4 is 23.0 Å². The minimum atomic E-state index is -1.62. The molecule has 2 N–H and O–H groups in total. The average molecular weight is 334 g/mol. The van der Waals surface area contributed by atoms with Crippen molar-refractivity contribution in [2.45, 2.75) is 57.6 Å². The molecular formula is C17H23FN4O2. The van der Waals surface area contributed by atoms with Crippen LogP contribution in [0, 0.1) is 6.92 Å². The van der Waals surface area contributed by atoms with Gasteiger partial charge in [0, 0.05) is 11.7 Å². The van der Waals surface area contributed by atoms with Crippen LogP contribution in [-0.2, 0) is 4.79 Å². The van der Waals surface area contributed by atoms with E-state index in [1.54, 1.807) is 6.92 Å². The summed E-state index contributed by atoms with van der Waals surface area (Å²) in [4.78, 5) is 21.3. The zero-order valence-electron chi connectivity index (χ0n) is 14.0. The van der Waals surface area contributed by atoms with Crippen LogP contribution in [0.1, 0.15) is 50.8 Å². The molecule has 1 unspecified atom stereocenters. The van der Waals surface area contributed by atoms with Gasteiger partial charge < -0.3 is 5.11 Å². The number of fused-ring (bicyclic) bond motifs is 1. The molecule has 1 saturated carbocycles. The number of nitrogens with one attached hydrogen (secondary N) is 1. The monoisotopic (exact) mass is 334 g/mol. The Morgan fingerprint density at radius 2 is 2.21 bits per heavy atom. The molecule has 1 atom stereocenters. The Kier molecular flexibility index (Phi) is 4.54. The van der Waals surface area contributed by atoms with E-state index < -0.39 is 18.2 Å². The number of anilines is 1. The maximum Gasteiger partial charge on any atom is 0.229 e. The summed E-state index contributed by atoms with van der Waals surface area (Å²) in [6.07, 6.45) is 3.07. The zero-order valence-corrected chi connectivity index (χ0v) is 14.0. The number of hydrogen-bond acceptors (Lipinski definition) is 4. The van der Waals surface area contributed by atoms with Crippen molar-refractivity contribution in [3.63, 3.8) is 0 Å². The van der Waals surface area contributed by atoms with Crippen molar-refractivity contribution < 1.29 is 14.3 Å². The number of imidazole rings is 1. The summed E-state index contributed by atoms with van der Waals surface area (Å²) in [5.41, 5.74) is 0.746. The first-order chi connectivity index (χ1) is 11.5. The van der Waals surface area contributed by atoms with Crippen LogP contribution in [0.4, 0.5) is 10.3 Å². The van der Waals surface area contributed by atoms with Gasteiger partial charge in [-0.25, -0.2) is 14.4 Å². The number of alkyl halides is 1. The van der Waals surface area contributed by atoms with E-state index in [4.69, 9.17) is 0 Å². The lowest BCUT2D eigenvalue weighted by Crippen LogP contribution is -2.36. The molecule has 24 heavy (non-hydrogen) atoms. The van der Waals surface area contributed by atoms with Crippen LogP contribution in [0.25, 0.3) is 11.2 Å². The minimum Gasteiger partial charge on any atom is -0.387 e. The van der Waals surface area contributed by atoms with E-state index >= 15 is 0 Å². The van der Waals surface area contributed by atoms with Crippen molar-refractivity contribution in [1.29, 1.82) is 0 Å². The molecule has 0 aromatic carbocycles. The van der Waals surface area contributed by atoms with Crippen molar-refractivity contribution in [2.75, 3.05) is 12.0 Å². The van der Waals surface area contributed by atoms with Gasteiger partial charge in [-0.15, -0.1) is 0 Å². The van der Waals surface area contributed by atoms with Crippen molar-refractivity contribution in [3.8, 4) is 0 Å². The second kappa shape index (κ2) is 6.47. The van der Waals surface area contributed by atoms with E-state index in [9.17, 15) is 14.3 Å². The van der Waals surface area contributed by atoms with Gasteiger partial charge in [-0.05, 0) is 44.7 Å². The highest BCUT2D eigenvalue weighted by atomic mass is 19.1. The summed E-state index contributed by atoms with van der Waals surface area (Å²) in [7, 11) is 0. The lowest BCUT2D eigenvalue weighted by molar-refractivity contribution is -0.122. The van der Waals surface area contributed by atoms with E-state index in [0.29, 0.717) is 5.95 Å². The lowest BCUT2D eigenvalue weighted by atomic mass is 9.93. The first kappa shape index (κ1) is 16.8. The fourth-order valence-corrected chi connectivity index (χ4v) is 2.88. The standard InChI is InChI=1S/C17H23FN4O2/c1-3-17(24,10-18)9-14(23)21-16-20-13-8-7-11(2)19-15(13)22(16)12-5-4-6-12/h7-8,12,24H,3-6,9-10H2,1-2H3,(H,20,21,23). The number of aromatic nitrogens is 3. The topological polar surface area (TPSA) is 80.0 Å². The number of rotatable bonds is 6. The van der Waals surface area contributed by atoms with Gasteiger partial charge >= 0.3 is 0 Å². The van der Waals surface area contributed by atoms with Crippen molar-refractivity contribution in [3.05, 3.63) is 17.8 Å². The van der Waals surface area contributed by atoms with Crippen LogP contribution in [-0.4, -0.2) is 37.8 Å². The Balaban J connectivity index is 1.90. The smallest absolute Gasteiger partial charge is 0.229 e. The third kappa shape index (κ3) is 3.13. The third-order valence-electron chi connectivity index (χ3n) is 4.76. The number of halogens is 1. The van der Waals surface area contributed by atoms with E-state index in [2.05, 4.69) is 15.3 Å². The largest absolute Gasteiger partial charge is 0.387 e. The second-order valence-electron chi connectivity index (χ2n) is 6.62. The second-order valence-corrected chi connectivity index (χ2v) is 6.62. The normalized spacial score (nSPS) is 17.5. The highest BCUT2D eigenvalue weighted by molar-refractivity contribution is 5.91. The van der Waals surface area contributed by atoms with Gasteiger partial charge in [-0.1, -0.05) is 6.92 Å². The molecule has 0 saturated heterocycles. The third-order valence-corrected chi connectivity index (χ3v) is 4.76. The maximum atomic E-state index is 13.0. The molecule has 6 nitrogen and oxygen atoms in total. The number of hydrogen-bond donors (Lipinski definition) is 2. The fraction of sp³-hybridized carbons (Fsp3) is 0.588. The fourth-order valence-electron chi connectivity index (χ4n) is 2.88. The maximum absolute atomic E-state index is 13.0. The zero-order chi connectivity index (χ0) is 17.3. The number of aryl methyl sites for hydroxylation is 1. The van der Waals surface area contributed by atoms with Crippen LogP contribution < -0.4 is 5.32 Å². The van der Waals surface area contributed by atoms with Crippen LogP contribution in [0.2, 0.25) is 0 Å². The number of carbonyl (C=O) groups is 1. The quantitative estimate of drug-likeness (QED) is 0.851. The highest BCUT2D eigenvalue weighted by Crippen LogP contribution is 2.36. The van der Waals surface area contributed by atoms with E-state index in [1.165, 1.54) is 0 Å². The minimum absolute atomic E-state index is 0.177. The summed E-state index contributed by atoms with van der Waals surface area (Å²) in [5, 5.41) is 12.8. The lowest BCUT2D eigenvalue weighted by Gasteiger charge is -2.29. The number of aliphatic hydroxyl groups is 1. The Hall–Kier alpha value is -2.02. The van der Waals surface area contributed by atoms with Gasteiger partial charge in [0.1, 0.15) is 17.8 Å². The number of carbonyl (C=O) groups excluding carboxylic acids is 1. The predicted molar refractivity (Wildman–Crippen MR) is 89.6 cm³/mol. The molecule has 3 rings (SSSR count). The van der Waals surface area contributed by atoms with Crippen LogP contribution in [0.15, 0.2) is 12.1 Å². The summed E-state index contributed by atoms with van der Waals surface area (Å²) < 4.78 is 14.9. The van der Waals surface area contributed by atoms with Crippen LogP contribution >= 0.6 is 0 Å². The van der Waals surface area contributed by atoms with Gasteiger partial charge in [0.25, 0.3) is 0 Å². The van der Waals surface area contributed by atoms with Gasteiger partial charge in [0.15, 0.2) is 5.65 Å². The predicted octanol–water partition coefficient (Wildman–Crippen LogP) is 2.90. The molecule has 0 bridgehead atoms. The molecule has 0 aliphatic heterocycles. The van der Waals surface area contributed by atoms with Gasteiger partial charge in [-0.2, -0.15) is 0 Å². The molecule has 0 spiro atoms. The first-order valence-electron chi connectivity index (χ1n) is 8.39. The van der Waals surface area contributed by atoms with Crippen LogP contribution in [0.3, 0.4) is 0 Å². The van der Waals surface area contributed by atoms with Gasteiger partial charge in [0.05, 0.1) is 6.42 Å². The molecule has 1 amide bonds. The molecular weight excluding hydrogens is 311 g/mol. The molecule has 2 aromatic rings. The summed E-state index contributed by atoms with van der Waals surface area (Å²) >= 11 is 0. The first-order valence-corrected chi connectivity index (χ1v) is 8.39. The summed E-state index contributed by atoms with van der Waals surface area (Å²) in [6, 6.07) is 4.03. The molecule has 1 aliphatic rings. The highest BCUT2D eigenvalue weighted by Gasteiger charge is 2.30. The molecule has 1 aliphatic carbocycles. The SMILES string of the molecule is CCC(O)(CF)CC(=O)Nc1nc2ccc(C)nc2n1C1CCC1. The van der Waals surface area contributed by atoms with Gasteiger partial charge in [-0.3, -0.25) is 14.7 Å². The Morgan fingerprint density at radius 1 is 1.46 bits per heavy atom. The Bertz CT molecular complexity index is 750. The molecule has 130 valence electrons. The number of pyridine rings is 1. The van der Waals surface area contributed by atoms with E-state index in [1.807, 2.05) is 23.6 Å². The average Bonchev–Trinajstić information content (AvgIpc) is 2.83.